The van der Waals surface area contributed by atoms with E-state index in [-0.39, 0.29) is 18.5 Å². The Bertz CT molecular complexity index is 755. The van der Waals surface area contributed by atoms with Crippen molar-refractivity contribution < 1.29 is 14.3 Å². The normalized spacial score (nSPS) is 15.9. The quantitative estimate of drug-likeness (QED) is 0.681. The molecule has 0 aromatic heterocycles. The molecule has 0 saturated heterocycles. The van der Waals surface area contributed by atoms with Crippen LogP contribution >= 0.6 is 15.9 Å². The van der Waals surface area contributed by atoms with Gasteiger partial charge in [0.2, 0.25) is 0 Å². The van der Waals surface area contributed by atoms with E-state index >= 15 is 0 Å². The second-order valence-electron chi connectivity index (χ2n) is 6.02. The maximum atomic E-state index is 11.9. The first-order valence-corrected chi connectivity index (χ1v) is 9.07. The molecule has 0 unspecified atom stereocenters. The Hall–Kier alpha value is -1.81. The summed E-state index contributed by atoms with van der Waals surface area (Å²) in [4.78, 5) is 11.9. The van der Waals surface area contributed by atoms with Crippen molar-refractivity contribution in [3.05, 3.63) is 63.1 Å². The Labute approximate surface area is 151 Å². The molecular formula is C20H21BrO3. The van der Waals surface area contributed by atoms with Crippen LogP contribution in [0.5, 0.6) is 5.75 Å². The van der Waals surface area contributed by atoms with E-state index in [9.17, 15) is 4.79 Å². The number of ether oxygens (including phenoxy) is 2. The van der Waals surface area contributed by atoms with E-state index in [1.54, 1.807) is 0 Å². The first kappa shape index (κ1) is 17.0. The van der Waals surface area contributed by atoms with Gasteiger partial charge in [-0.3, -0.25) is 4.79 Å². The molecule has 2 aromatic rings. The fraction of sp³-hybridized carbons (Fsp3) is 0.350. The van der Waals surface area contributed by atoms with E-state index in [4.69, 9.17) is 9.47 Å². The molecule has 0 fully saturated rings. The van der Waals surface area contributed by atoms with Crippen molar-refractivity contribution in [2.75, 3.05) is 6.61 Å². The Morgan fingerprint density at radius 3 is 2.92 bits per heavy atom. The molecule has 3 nitrogen and oxygen atoms in total. The summed E-state index contributed by atoms with van der Waals surface area (Å²) in [5, 5.41) is 0. The minimum atomic E-state index is -0.216. The van der Waals surface area contributed by atoms with Gasteiger partial charge in [0.15, 0.2) is 0 Å². The van der Waals surface area contributed by atoms with Crippen molar-refractivity contribution in [1.29, 1.82) is 0 Å². The maximum Gasteiger partial charge on any atom is 0.310 e. The molecule has 24 heavy (non-hydrogen) atoms. The average Bonchev–Trinajstić information content (AvgIpc) is 2.93. The summed E-state index contributed by atoms with van der Waals surface area (Å²) < 4.78 is 12.5. The zero-order valence-electron chi connectivity index (χ0n) is 14.0. The van der Waals surface area contributed by atoms with Gasteiger partial charge >= 0.3 is 5.97 Å². The van der Waals surface area contributed by atoms with Crippen LogP contribution in [0.4, 0.5) is 0 Å². The zero-order valence-corrected chi connectivity index (χ0v) is 15.6. The molecule has 1 aliphatic rings. The molecule has 0 bridgehead atoms. The highest BCUT2D eigenvalue weighted by atomic mass is 79.9. The minimum absolute atomic E-state index is 0.0280. The third-order valence-corrected chi connectivity index (χ3v) is 4.89. The van der Waals surface area contributed by atoms with Crippen molar-refractivity contribution in [2.24, 2.45) is 0 Å². The summed E-state index contributed by atoms with van der Waals surface area (Å²) in [6.07, 6.45) is 2.25. The van der Waals surface area contributed by atoms with Gasteiger partial charge in [0.1, 0.15) is 11.9 Å². The van der Waals surface area contributed by atoms with Crippen LogP contribution in [0.3, 0.4) is 0 Å². The lowest BCUT2D eigenvalue weighted by Gasteiger charge is -2.19. The lowest BCUT2D eigenvalue weighted by Crippen LogP contribution is -2.12. The fourth-order valence-corrected chi connectivity index (χ4v) is 3.56. The van der Waals surface area contributed by atoms with Gasteiger partial charge in [-0.2, -0.15) is 0 Å². The highest BCUT2D eigenvalue weighted by molar-refractivity contribution is 9.10. The molecule has 2 aromatic carbocycles. The van der Waals surface area contributed by atoms with E-state index < -0.39 is 0 Å². The summed E-state index contributed by atoms with van der Waals surface area (Å²) in [6.45, 7) is 4.21. The molecule has 0 heterocycles. The van der Waals surface area contributed by atoms with Gasteiger partial charge in [0.25, 0.3) is 0 Å². The van der Waals surface area contributed by atoms with E-state index in [2.05, 4.69) is 34.1 Å². The minimum Gasteiger partial charge on any atom is -0.485 e. The summed E-state index contributed by atoms with van der Waals surface area (Å²) in [7, 11) is 0. The van der Waals surface area contributed by atoms with Gasteiger partial charge in [0.05, 0.1) is 13.0 Å². The fourth-order valence-electron chi connectivity index (χ4n) is 3.18. The average molecular weight is 389 g/mol. The Morgan fingerprint density at radius 2 is 2.12 bits per heavy atom. The molecule has 1 atom stereocenters. The predicted octanol–water partition coefficient (Wildman–Crippen LogP) is 4.93. The molecule has 0 amide bonds. The number of aryl methyl sites for hydroxylation is 2. The van der Waals surface area contributed by atoms with E-state index in [0.29, 0.717) is 6.61 Å². The molecule has 3 rings (SSSR count). The monoisotopic (exact) mass is 388 g/mol. The first-order chi connectivity index (χ1) is 11.6. The van der Waals surface area contributed by atoms with E-state index in [1.807, 2.05) is 32.0 Å². The molecule has 0 N–H and O–H groups in total. The molecule has 0 saturated carbocycles. The lowest BCUT2D eigenvalue weighted by molar-refractivity contribution is -0.142. The molecule has 0 spiro atoms. The second-order valence-corrected chi connectivity index (χ2v) is 6.94. The third-order valence-electron chi connectivity index (χ3n) is 4.39. The number of halogens is 1. The number of hydrogen-bond donors (Lipinski definition) is 0. The van der Waals surface area contributed by atoms with Crippen LogP contribution in [0.1, 0.15) is 41.7 Å². The lowest BCUT2D eigenvalue weighted by atomic mass is 10.0. The molecular weight excluding hydrogens is 368 g/mol. The standard InChI is InChI=1S/C20H21BrO3/c1-3-23-20(22)12-16-13(2)5-4-6-18(16)24-19-10-8-14-7-9-15(21)11-17(14)19/h4-7,9,11,19H,3,8,10,12H2,1-2H3/t19-/m1/s1. The van der Waals surface area contributed by atoms with Crippen LogP contribution in [-0.4, -0.2) is 12.6 Å². The maximum absolute atomic E-state index is 11.9. The second kappa shape index (κ2) is 7.39. The molecule has 0 radical (unpaired) electrons. The van der Waals surface area contributed by atoms with Gasteiger partial charge < -0.3 is 9.47 Å². The van der Waals surface area contributed by atoms with Crippen molar-refractivity contribution in [1.82, 2.24) is 0 Å². The van der Waals surface area contributed by atoms with Crippen molar-refractivity contribution in [3.63, 3.8) is 0 Å². The number of rotatable bonds is 5. The summed E-state index contributed by atoms with van der Waals surface area (Å²) >= 11 is 3.54. The number of esters is 1. The summed E-state index contributed by atoms with van der Waals surface area (Å²) in [5.41, 5.74) is 4.53. The molecule has 0 aliphatic heterocycles. The predicted molar refractivity (Wildman–Crippen MR) is 97.3 cm³/mol. The SMILES string of the molecule is CCOC(=O)Cc1c(C)cccc1O[C@@H]1CCc2ccc(Br)cc21. The number of carbonyl (C=O) groups is 1. The Morgan fingerprint density at radius 1 is 1.29 bits per heavy atom. The van der Waals surface area contributed by atoms with Crippen molar-refractivity contribution >= 4 is 21.9 Å². The van der Waals surface area contributed by atoms with Crippen LogP contribution in [0.15, 0.2) is 40.9 Å². The summed E-state index contributed by atoms with van der Waals surface area (Å²) in [6, 6.07) is 12.3. The highest BCUT2D eigenvalue weighted by Crippen LogP contribution is 2.38. The molecule has 1 aliphatic carbocycles. The van der Waals surface area contributed by atoms with Gasteiger partial charge in [0, 0.05) is 10.0 Å². The topological polar surface area (TPSA) is 35.5 Å². The smallest absolute Gasteiger partial charge is 0.310 e. The Balaban J connectivity index is 1.85. The van der Waals surface area contributed by atoms with Gasteiger partial charge in [-0.1, -0.05) is 34.1 Å². The number of carbonyl (C=O) groups excluding carboxylic acids is 1. The summed E-state index contributed by atoms with van der Waals surface area (Å²) in [5.74, 6) is 0.562. The zero-order chi connectivity index (χ0) is 17.1. The van der Waals surface area contributed by atoms with Crippen molar-refractivity contribution in [3.8, 4) is 5.75 Å². The first-order valence-electron chi connectivity index (χ1n) is 8.27. The van der Waals surface area contributed by atoms with E-state index in [0.717, 1.165) is 34.2 Å². The number of hydrogen-bond acceptors (Lipinski definition) is 3. The van der Waals surface area contributed by atoms with Gasteiger partial charge in [-0.05, 0) is 61.6 Å². The van der Waals surface area contributed by atoms with Crippen LogP contribution in [0, 0.1) is 6.92 Å². The van der Waals surface area contributed by atoms with E-state index in [1.165, 1.54) is 11.1 Å². The Kier molecular flexibility index (Phi) is 5.24. The molecule has 126 valence electrons. The largest absolute Gasteiger partial charge is 0.485 e. The van der Waals surface area contributed by atoms with Gasteiger partial charge in [-0.25, -0.2) is 0 Å². The van der Waals surface area contributed by atoms with Crippen LogP contribution < -0.4 is 4.74 Å². The van der Waals surface area contributed by atoms with Crippen LogP contribution in [-0.2, 0) is 22.4 Å². The third kappa shape index (κ3) is 3.64. The van der Waals surface area contributed by atoms with Crippen LogP contribution in [0.25, 0.3) is 0 Å². The number of fused-ring (bicyclic) bond motifs is 1. The molecule has 4 heteroatoms. The van der Waals surface area contributed by atoms with Crippen molar-refractivity contribution in [2.45, 2.75) is 39.2 Å². The van der Waals surface area contributed by atoms with Gasteiger partial charge in [-0.15, -0.1) is 0 Å². The van der Waals surface area contributed by atoms with Crippen LogP contribution in [0.2, 0.25) is 0 Å². The number of benzene rings is 2. The highest BCUT2D eigenvalue weighted by Gasteiger charge is 2.25.